The van der Waals surface area contributed by atoms with Crippen LogP contribution in [0.2, 0.25) is 0 Å². The van der Waals surface area contributed by atoms with Crippen molar-refractivity contribution in [3.8, 4) is 17.2 Å². The number of carbonyl (C=O) groups excluding carboxylic acids is 3. The van der Waals surface area contributed by atoms with Gasteiger partial charge in [0.1, 0.15) is 28.5 Å². The van der Waals surface area contributed by atoms with Gasteiger partial charge in [-0.15, -0.1) is 0 Å². The predicted octanol–water partition coefficient (Wildman–Crippen LogP) is 3.97. The van der Waals surface area contributed by atoms with E-state index >= 15 is 0 Å². The van der Waals surface area contributed by atoms with Crippen LogP contribution < -0.4 is 9.47 Å². The highest BCUT2D eigenvalue weighted by Gasteiger charge is 2.37. The average Bonchev–Trinajstić information content (AvgIpc) is 3.20. The number of hydrogen-bond donors (Lipinski definition) is 1. The van der Waals surface area contributed by atoms with E-state index in [9.17, 15) is 19.5 Å². The van der Waals surface area contributed by atoms with Crippen molar-refractivity contribution >= 4 is 28.4 Å². The molecule has 0 aliphatic heterocycles. The highest BCUT2D eigenvalue weighted by atomic mass is 16.5. The summed E-state index contributed by atoms with van der Waals surface area (Å²) in [6, 6.07) is 14.8. The van der Waals surface area contributed by atoms with Gasteiger partial charge in [0, 0.05) is 29.1 Å². The Kier molecular flexibility index (Phi) is 5.28. The third-order valence-corrected chi connectivity index (χ3v) is 6.21. The molecule has 0 fully saturated rings. The molecule has 0 atom stereocenters. The summed E-state index contributed by atoms with van der Waals surface area (Å²) in [7, 11) is 4.26. The van der Waals surface area contributed by atoms with Crippen LogP contribution in [-0.4, -0.2) is 48.5 Å². The summed E-state index contributed by atoms with van der Waals surface area (Å²) in [5.41, 5.74) is 1.74. The van der Waals surface area contributed by atoms with Gasteiger partial charge in [0.15, 0.2) is 5.78 Å². The van der Waals surface area contributed by atoms with Crippen LogP contribution in [0.5, 0.6) is 17.2 Å². The van der Waals surface area contributed by atoms with Gasteiger partial charge in [0.2, 0.25) is 5.78 Å². The molecule has 1 aliphatic carbocycles. The summed E-state index contributed by atoms with van der Waals surface area (Å²) in [5.74, 6) is -0.785. The number of methoxy groups -OCH3 is 3. The smallest absolute Gasteiger partial charge is 0.342 e. The van der Waals surface area contributed by atoms with E-state index in [1.165, 1.54) is 27.4 Å². The number of ether oxygens (including phenoxy) is 3. The topological polar surface area (TPSA) is 104 Å². The lowest BCUT2D eigenvalue weighted by Gasteiger charge is -2.18. The number of aromatic nitrogens is 1. The first-order chi connectivity index (χ1) is 16.9. The Morgan fingerprint density at radius 3 is 2.11 bits per heavy atom. The van der Waals surface area contributed by atoms with E-state index in [0.29, 0.717) is 17.0 Å². The predicted molar refractivity (Wildman–Crippen MR) is 127 cm³/mol. The van der Waals surface area contributed by atoms with E-state index in [0.717, 1.165) is 5.56 Å². The van der Waals surface area contributed by atoms with Crippen molar-refractivity contribution in [1.82, 2.24) is 4.57 Å². The van der Waals surface area contributed by atoms with Crippen LogP contribution in [-0.2, 0) is 11.3 Å². The SMILES string of the molecule is COC(=O)c1c(O)ccc2c1c1c(n2Cc2cc(OC)cc(OC)c2)C(=O)c2ccccc2C1=O. The van der Waals surface area contributed by atoms with Crippen molar-refractivity contribution in [2.45, 2.75) is 6.54 Å². The molecule has 8 nitrogen and oxygen atoms in total. The minimum atomic E-state index is -0.810. The number of phenolic OH excluding ortho intramolecular Hbond substituents is 1. The second-order valence-corrected chi connectivity index (χ2v) is 8.08. The third kappa shape index (κ3) is 3.33. The van der Waals surface area contributed by atoms with Gasteiger partial charge in [0.05, 0.1) is 32.4 Å². The summed E-state index contributed by atoms with van der Waals surface area (Å²) in [6.45, 7) is 0.173. The van der Waals surface area contributed by atoms with Gasteiger partial charge in [-0.3, -0.25) is 9.59 Å². The minimum absolute atomic E-state index is 0.0647. The van der Waals surface area contributed by atoms with Crippen molar-refractivity contribution in [1.29, 1.82) is 0 Å². The molecule has 35 heavy (non-hydrogen) atoms. The fourth-order valence-electron chi connectivity index (χ4n) is 4.64. The molecule has 3 aromatic carbocycles. The molecule has 8 heteroatoms. The number of hydrogen-bond acceptors (Lipinski definition) is 7. The first-order valence-corrected chi connectivity index (χ1v) is 10.8. The molecular weight excluding hydrogens is 450 g/mol. The summed E-state index contributed by atoms with van der Waals surface area (Å²) in [6.07, 6.45) is 0. The average molecular weight is 471 g/mol. The summed E-state index contributed by atoms with van der Waals surface area (Å²) >= 11 is 0. The third-order valence-electron chi connectivity index (χ3n) is 6.21. The maximum atomic E-state index is 13.7. The van der Waals surface area contributed by atoms with Crippen LogP contribution in [0.15, 0.2) is 54.6 Å². The molecule has 0 bridgehead atoms. The van der Waals surface area contributed by atoms with E-state index in [2.05, 4.69) is 0 Å². The van der Waals surface area contributed by atoms with Crippen LogP contribution in [0, 0.1) is 0 Å². The fourth-order valence-corrected chi connectivity index (χ4v) is 4.64. The van der Waals surface area contributed by atoms with Gasteiger partial charge >= 0.3 is 5.97 Å². The first-order valence-electron chi connectivity index (χ1n) is 10.8. The van der Waals surface area contributed by atoms with E-state index < -0.39 is 11.8 Å². The molecule has 176 valence electrons. The molecule has 1 N–H and O–H groups in total. The fraction of sp³-hybridized carbons (Fsp3) is 0.148. The van der Waals surface area contributed by atoms with Crippen LogP contribution in [0.4, 0.5) is 0 Å². The lowest BCUT2D eigenvalue weighted by Crippen LogP contribution is -2.23. The summed E-state index contributed by atoms with van der Waals surface area (Å²) in [5, 5.41) is 10.7. The monoisotopic (exact) mass is 471 g/mol. The van der Waals surface area contributed by atoms with Crippen molar-refractivity contribution < 1.29 is 33.7 Å². The van der Waals surface area contributed by atoms with E-state index in [1.54, 1.807) is 53.1 Å². The molecule has 0 spiro atoms. The molecule has 1 aromatic heterocycles. The summed E-state index contributed by atoms with van der Waals surface area (Å²) < 4.78 is 17.3. The lowest BCUT2D eigenvalue weighted by atomic mass is 9.86. The Balaban J connectivity index is 1.85. The number of fused-ring (bicyclic) bond motifs is 4. The van der Waals surface area contributed by atoms with Crippen LogP contribution in [0.25, 0.3) is 10.9 Å². The molecule has 0 unspecified atom stereocenters. The lowest BCUT2D eigenvalue weighted by molar-refractivity contribution is 0.0599. The molecule has 0 saturated heterocycles. The van der Waals surface area contributed by atoms with Crippen molar-refractivity contribution in [3.05, 3.63) is 88.1 Å². The zero-order valence-electron chi connectivity index (χ0n) is 19.2. The van der Waals surface area contributed by atoms with Gasteiger partial charge in [-0.25, -0.2) is 4.79 Å². The number of carbonyl (C=O) groups is 3. The van der Waals surface area contributed by atoms with Gasteiger partial charge < -0.3 is 23.9 Å². The number of aromatic hydroxyl groups is 1. The van der Waals surface area contributed by atoms with E-state index in [-0.39, 0.29) is 51.4 Å². The van der Waals surface area contributed by atoms with Crippen molar-refractivity contribution in [3.63, 3.8) is 0 Å². The van der Waals surface area contributed by atoms with E-state index in [4.69, 9.17) is 14.2 Å². The highest BCUT2D eigenvalue weighted by molar-refractivity contribution is 6.33. The van der Waals surface area contributed by atoms with Crippen molar-refractivity contribution in [2.24, 2.45) is 0 Å². The van der Waals surface area contributed by atoms with Crippen LogP contribution in [0.3, 0.4) is 0 Å². The maximum absolute atomic E-state index is 13.7. The second-order valence-electron chi connectivity index (χ2n) is 8.08. The number of benzene rings is 3. The molecule has 4 aromatic rings. The number of nitrogens with zero attached hydrogens (tertiary/aromatic N) is 1. The molecule has 1 aliphatic rings. The number of esters is 1. The zero-order valence-corrected chi connectivity index (χ0v) is 19.2. The number of phenols is 1. The van der Waals surface area contributed by atoms with Crippen LogP contribution >= 0.6 is 0 Å². The highest BCUT2D eigenvalue weighted by Crippen LogP contribution is 2.40. The molecule has 0 radical (unpaired) electrons. The summed E-state index contributed by atoms with van der Waals surface area (Å²) in [4.78, 5) is 40.1. The molecule has 5 rings (SSSR count). The molecule has 0 amide bonds. The molecular formula is C27H21NO7. The largest absolute Gasteiger partial charge is 0.507 e. The Hall–Kier alpha value is -4.59. The quantitative estimate of drug-likeness (QED) is 0.387. The Labute approximate surface area is 200 Å². The van der Waals surface area contributed by atoms with Gasteiger partial charge in [0.25, 0.3) is 0 Å². The zero-order chi connectivity index (χ0) is 24.9. The van der Waals surface area contributed by atoms with Gasteiger partial charge in [-0.05, 0) is 29.8 Å². The van der Waals surface area contributed by atoms with Gasteiger partial charge in [-0.1, -0.05) is 24.3 Å². The number of ketones is 2. The first kappa shape index (κ1) is 22.2. The maximum Gasteiger partial charge on any atom is 0.342 e. The standard InChI is InChI=1S/C27H21NO7/c1-33-15-10-14(11-16(12-15)34-2)13-28-19-8-9-20(29)22(27(32)35-3)21(19)23-24(28)26(31)18-7-5-4-6-17(18)25(23)30/h4-12,29H,13H2,1-3H3. The van der Waals surface area contributed by atoms with Crippen LogP contribution in [0.1, 0.15) is 47.9 Å². The second kappa shape index (κ2) is 8.32. The number of rotatable bonds is 5. The Morgan fingerprint density at radius 1 is 0.886 bits per heavy atom. The van der Waals surface area contributed by atoms with Crippen molar-refractivity contribution in [2.75, 3.05) is 21.3 Å². The Morgan fingerprint density at radius 2 is 1.51 bits per heavy atom. The minimum Gasteiger partial charge on any atom is -0.507 e. The van der Waals surface area contributed by atoms with Gasteiger partial charge in [-0.2, -0.15) is 0 Å². The molecule has 0 saturated carbocycles. The molecule has 1 heterocycles. The normalized spacial score (nSPS) is 12.3. The van der Waals surface area contributed by atoms with E-state index in [1.807, 2.05) is 0 Å². The Bertz CT molecular complexity index is 1520.